The van der Waals surface area contributed by atoms with Crippen molar-refractivity contribution in [3.8, 4) is 11.1 Å². The molecule has 144 valence electrons. The van der Waals surface area contributed by atoms with Crippen molar-refractivity contribution in [2.24, 2.45) is 0 Å². The summed E-state index contributed by atoms with van der Waals surface area (Å²) in [5, 5.41) is 0.566. The van der Waals surface area contributed by atoms with Crippen LogP contribution in [0.15, 0.2) is 35.4 Å². The van der Waals surface area contributed by atoms with Gasteiger partial charge in [-0.25, -0.2) is 4.79 Å². The maximum Gasteiger partial charge on any atom is 0.343 e. The molecule has 4 rings (SSSR count). The van der Waals surface area contributed by atoms with Gasteiger partial charge in [0.05, 0.1) is 12.1 Å². The number of fused-ring (bicyclic) bond motifs is 1. The molecule has 5 nitrogen and oxygen atoms in total. The third-order valence-electron chi connectivity index (χ3n) is 5.42. The Labute approximate surface area is 164 Å². The summed E-state index contributed by atoms with van der Waals surface area (Å²) < 4.78 is 7.20. The molecular formula is C23H24N2O3. The second kappa shape index (κ2) is 6.89. The van der Waals surface area contributed by atoms with Crippen LogP contribution in [0.2, 0.25) is 0 Å². The van der Waals surface area contributed by atoms with Crippen molar-refractivity contribution in [2.45, 2.75) is 46.6 Å². The number of carbonyl (C=O) groups excluding carboxylic acids is 1. The number of hydrogen-bond donors (Lipinski definition) is 0. The predicted octanol–water partition coefficient (Wildman–Crippen LogP) is 4.50. The number of rotatable bonds is 4. The van der Waals surface area contributed by atoms with Gasteiger partial charge in [-0.1, -0.05) is 6.07 Å². The number of carbonyl (C=O) groups is 1. The van der Waals surface area contributed by atoms with Crippen molar-refractivity contribution in [3.63, 3.8) is 0 Å². The molecule has 0 spiro atoms. The molecule has 5 heteroatoms. The van der Waals surface area contributed by atoms with E-state index in [0.717, 1.165) is 46.3 Å². The Morgan fingerprint density at radius 3 is 2.61 bits per heavy atom. The molecule has 0 saturated heterocycles. The Hall–Kier alpha value is -2.95. The first-order valence-electron chi connectivity index (χ1n) is 9.71. The quantitative estimate of drug-likeness (QED) is 0.629. The standard InChI is InChI=1S/C23H24N2O3/c1-5-28-23(27)20-12-25(16-6-7-16)21-15(4)17(8-9-18(21)22(20)26)19-11-24-14(3)10-13(19)2/h8-12,16H,5-7H2,1-4H3. The van der Waals surface area contributed by atoms with Gasteiger partial charge in [0.2, 0.25) is 5.43 Å². The van der Waals surface area contributed by atoms with E-state index >= 15 is 0 Å². The van der Waals surface area contributed by atoms with E-state index in [1.807, 2.05) is 32.2 Å². The molecule has 2 heterocycles. The zero-order valence-electron chi connectivity index (χ0n) is 16.7. The van der Waals surface area contributed by atoms with Crippen LogP contribution in [0.1, 0.15) is 53.0 Å². The number of aromatic nitrogens is 2. The number of hydrogen-bond acceptors (Lipinski definition) is 4. The van der Waals surface area contributed by atoms with Gasteiger partial charge in [0.1, 0.15) is 5.56 Å². The number of benzene rings is 1. The van der Waals surface area contributed by atoms with Crippen LogP contribution in [0.25, 0.3) is 22.0 Å². The SMILES string of the molecule is CCOC(=O)c1cn(C2CC2)c2c(C)c(-c3cnc(C)cc3C)ccc2c1=O. The van der Waals surface area contributed by atoms with Gasteiger partial charge < -0.3 is 9.30 Å². The third kappa shape index (κ3) is 3.01. The van der Waals surface area contributed by atoms with Crippen molar-refractivity contribution < 1.29 is 9.53 Å². The highest BCUT2D eigenvalue weighted by molar-refractivity contribution is 5.96. The van der Waals surface area contributed by atoms with Crippen LogP contribution < -0.4 is 5.43 Å². The van der Waals surface area contributed by atoms with Crippen molar-refractivity contribution in [3.05, 3.63) is 63.2 Å². The van der Waals surface area contributed by atoms with Gasteiger partial charge in [0, 0.05) is 35.1 Å². The monoisotopic (exact) mass is 376 g/mol. The van der Waals surface area contributed by atoms with Gasteiger partial charge in [0.15, 0.2) is 0 Å². The Bertz CT molecular complexity index is 1160. The summed E-state index contributed by atoms with van der Waals surface area (Å²) in [5.74, 6) is -0.552. The molecule has 1 aliphatic rings. The molecular weight excluding hydrogens is 352 g/mol. The fourth-order valence-electron chi connectivity index (χ4n) is 3.89. The van der Waals surface area contributed by atoms with Crippen LogP contribution in [0.4, 0.5) is 0 Å². The lowest BCUT2D eigenvalue weighted by molar-refractivity contribution is 0.0524. The second-order valence-electron chi connectivity index (χ2n) is 7.51. The molecule has 1 aliphatic carbocycles. The molecule has 1 saturated carbocycles. The molecule has 0 aliphatic heterocycles. The van der Waals surface area contributed by atoms with Gasteiger partial charge in [-0.3, -0.25) is 9.78 Å². The zero-order chi connectivity index (χ0) is 20.0. The Kier molecular flexibility index (Phi) is 4.53. The Balaban J connectivity index is 2.00. The first-order valence-corrected chi connectivity index (χ1v) is 9.71. The minimum Gasteiger partial charge on any atom is -0.462 e. The van der Waals surface area contributed by atoms with Crippen molar-refractivity contribution >= 4 is 16.9 Å². The van der Waals surface area contributed by atoms with Crippen molar-refractivity contribution in [2.75, 3.05) is 6.61 Å². The van der Waals surface area contributed by atoms with Gasteiger partial charge in [0.25, 0.3) is 0 Å². The highest BCUT2D eigenvalue weighted by atomic mass is 16.5. The average molecular weight is 376 g/mol. The van der Waals surface area contributed by atoms with E-state index in [2.05, 4.69) is 22.5 Å². The van der Waals surface area contributed by atoms with E-state index in [9.17, 15) is 9.59 Å². The van der Waals surface area contributed by atoms with Crippen LogP contribution in [-0.2, 0) is 4.74 Å². The van der Waals surface area contributed by atoms with Gasteiger partial charge in [-0.15, -0.1) is 0 Å². The van der Waals surface area contributed by atoms with E-state index in [0.29, 0.717) is 11.4 Å². The lowest BCUT2D eigenvalue weighted by Crippen LogP contribution is -2.21. The highest BCUT2D eigenvalue weighted by Gasteiger charge is 2.28. The van der Waals surface area contributed by atoms with Crippen LogP contribution >= 0.6 is 0 Å². The lowest BCUT2D eigenvalue weighted by atomic mass is 9.95. The number of ether oxygens (including phenoxy) is 1. The number of nitrogens with zero attached hydrogens (tertiary/aromatic N) is 2. The molecule has 0 N–H and O–H groups in total. The molecule has 0 unspecified atom stereocenters. The normalized spacial score (nSPS) is 13.7. The van der Waals surface area contributed by atoms with Crippen LogP contribution in [-0.4, -0.2) is 22.1 Å². The Morgan fingerprint density at radius 1 is 1.21 bits per heavy atom. The summed E-state index contributed by atoms with van der Waals surface area (Å²) in [7, 11) is 0. The highest BCUT2D eigenvalue weighted by Crippen LogP contribution is 2.39. The van der Waals surface area contributed by atoms with Gasteiger partial charge >= 0.3 is 5.97 Å². The molecule has 0 bridgehead atoms. The molecule has 1 aromatic carbocycles. The summed E-state index contributed by atoms with van der Waals surface area (Å²) in [6.07, 6.45) is 5.69. The predicted molar refractivity (Wildman–Crippen MR) is 110 cm³/mol. The van der Waals surface area contributed by atoms with E-state index in [1.54, 1.807) is 13.1 Å². The number of pyridine rings is 2. The van der Waals surface area contributed by atoms with Gasteiger partial charge in [-0.2, -0.15) is 0 Å². The first-order chi connectivity index (χ1) is 13.4. The average Bonchev–Trinajstić information content (AvgIpc) is 3.48. The minimum atomic E-state index is -0.552. The first kappa shape index (κ1) is 18.4. The van der Waals surface area contributed by atoms with E-state index in [1.165, 1.54) is 0 Å². The fraction of sp³-hybridized carbons (Fsp3) is 0.348. The van der Waals surface area contributed by atoms with Crippen LogP contribution in [0, 0.1) is 20.8 Å². The van der Waals surface area contributed by atoms with Crippen molar-refractivity contribution in [1.82, 2.24) is 9.55 Å². The fourth-order valence-corrected chi connectivity index (χ4v) is 3.89. The summed E-state index contributed by atoms with van der Waals surface area (Å²) in [6.45, 7) is 8.08. The largest absolute Gasteiger partial charge is 0.462 e. The maximum absolute atomic E-state index is 13.0. The molecule has 0 amide bonds. The summed E-state index contributed by atoms with van der Waals surface area (Å²) in [5.41, 5.74) is 6.04. The molecule has 0 atom stereocenters. The summed E-state index contributed by atoms with van der Waals surface area (Å²) in [4.78, 5) is 29.8. The molecule has 28 heavy (non-hydrogen) atoms. The Morgan fingerprint density at radius 2 is 1.96 bits per heavy atom. The van der Waals surface area contributed by atoms with Crippen molar-refractivity contribution in [1.29, 1.82) is 0 Å². The lowest BCUT2D eigenvalue weighted by Gasteiger charge is -2.18. The minimum absolute atomic E-state index is 0.113. The van der Waals surface area contributed by atoms with Crippen LogP contribution in [0.3, 0.4) is 0 Å². The maximum atomic E-state index is 13.0. The molecule has 1 fully saturated rings. The number of esters is 1. The topological polar surface area (TPSA) is 61.2 Å². The van der Waals surface area contributed by atoms with E-state index < -0.39 is 5.97 Å². The molecule has 0 radical (unpaired) electrons. The smallest absolute Gasteiger partial charge is 0.343 e. The zero-order valence-corrected chi connectivity index (χ0v) is 16.7. The van der Waals surface area contributed by atoms with E-state index in [-0.39, 0.29) is 17.6 Å². The molecule has 3 aromatic rings. The molecule has 2 aromatic heterocycles. The summed E-state index contributed by atoms with van der Waals surface area (Å²) >= 11 is 0. The number of aryl methyl sites for hydroxylation is 3. The van der Waals surface area contributed by atoms with Gasteiger partial charge in [-0.05, 0) is 69.4 Å². The van der Waals surface area contributed by atoms with E-state index in [4.69, 9.17) is 4.74 Å². The second-order valence-corrected chi connectivity index (χ2v) is 7.51. The summed E-state index contributed by atoms with van der Waals surface area (Å²) in [6, 6.07) is 6.19. The van der Waals surface area contributed by atoms with Crippen LogP contribution in [0.5, 0.6) is 0 Å². The third-order valence-corrected chi connectivity index (χ3v) is 5.42.